The van der Waals surface area contributed by atoms with Gasteiger partial charge in [-0.1, -0.05) is 18.3 Å². The molecule has 0 fully saturated rings. The Balaban J connectivity index is 2.85. The Kier molecular flexibility index (Phi) is 2.68. The van der Waals surface area contributed by atoms with Gasteiger partial charge in [0.05, 0.1) is 11.7 Å². The van der Waals surface area contributed by atoms with Crippen LogP contribution in [0.15, 0.2) is 24.4 Å². The minimum atomic E-state index is -0.203. The van der Waals surface area contributed by atoms with E-state index >= 15 is 0 Å². The van der Waals surface area contributed by atoms with Crippen molar-refractivity contribution in [2.45, 2.75) is 13.0 Å². The van der Waals surface area contributed by atoms with Crippen molar-refractivity contribution in [1.82, 2.24) is 4.98 Å². The average Bonchev–Trinajstić information content (AvgIpc) is 2.05. The second kappa shape index (κ2) is 3.55. The molecule has 58 valence electrons. The monoisotopic (exact) mass is 166 g/mol. The van der Waals surface area contributed by atoms with Crippen LogP contribution in [0.5, 0.6) is 0 Å². The summed E-state index contributed by atoms with van der Waals surface area (Å²) in [5, 5.41) is 0. The molecule has 0 aliphatic carbocycles. The molecule has 1 aromatic heterocycles. The highest BCUT2D eigenvalue weighted by atomic mass is 32.1. The zero-order chi connectivity index (χ0) is 8.27. The molecule has 0 radical (unpaired) electrons. The topological polar surface area (TPSA) is 38.9 Å². The predicted molar refractivity (Wildman–Crippen MR) is 49.4 cm³/mol. The van der Waals surface area contributed by atoms with E-state index in [0.717, 1.165) is 10.6 Å². The number of thiocarbonyl (C=S) groups is 1. The normalized spacial score (nSPS) is 12.5. The zero-order valence-corrected chi connectivity index (χ0v) is 7.14. The van der Waals surface area contributed by atoms with Crippen LogP contribution in [0.1, 0.15) is 18.7 Å². The minimum Gasteiger partial charge on any atom is -0.319 e. The number of nitrogens with zero attached hydrogens (tertiary/aromatic N) is 1. The Hall–Kier alpha value is -0.800. The molecular weight excluding hydrogens is 156 g/mol. The standard InChI is InChI=1S/C8H10N2S/c1-6(11)8(9)7-4-2-3-5-10-7/h2-5,8H,9H2,1H3. The van der Waals surface area contributed by atoms with E-state index in [-0.39, 0.29) is 6.04 Å². The van der Waals surface area contributed by atoms with E-state index in [1.54, 1.807) is 6.20 Å². The summed E-state index contributed by atoms with van der Waals surface area (Å²) in [6, 6.07) is 5.43. The van der Waals surface area contributed by atoms with Crippen LogP contribution >= 0.6 is 12.2 Å². The maximum absolute atomic E-state index is 5.73. The van der Waals surface area contributed by atoms with E-state index < -0.39 is 0 Å². The summed E-state index contributed by atoms with van der Waals surface area (Å²) in [7, 11) is 0. The van der Waals surface area contributed by atoms with Crippen LogP contribution in [0, 0.1) is 0 Å². The Bertz CT molecular complexity index is 246. The van der Waals surface area contributed by atoms with Crippen molar-refractivity contribution >= 4 is 17.1 Å². The molecule has 0 spiro atoms. The van der Waals surface area contributed by atoms with Crippen LogP contribution in [0.4, 0.5) is 0 Å². The lowest BCUT2D eigenvalue weighted by Gasteiger charge is -2.07. The summed E-state index contributed by atoms with van der Waals surface area (Å²) >= 11 is 4.94. The second-order valence-corrected chi connectivity index (χ2v) is 2.99. The fourth-order valence-corrected chi connectivity index (χ4v) is 0.889. The van der Waals surface area contributed by atoms with Crippen LogP contribution in [0.25, 0.3) is 0 Å². The van der Waals surface area contributed by atoms with Gasteiger partial charge >= 0.3 is 0 Å². The molecule has 0 bridgehead atoms. The van der Waals surface area contributed by atoms with Crippen LogP contribution in [0.3, 0.4) is 0 Å². The van der Waals surface area contributed by atoms with Crippen LogP contribution in [-0.4, -0.2) is 9.85 Å². The van der Waals surface area contributed by atoms with Crippen molar-refractivity contribution in [3.8, 4) is 0 Å². The highest BCUT2D eigenvalue weighted by Gasteiger charge is 2.06. The highest BCUT2D eigenvalue weighted by Crippen LogP contribution is 2.07. The Morgan fingerprint density at radius 2 is 2.36 bits per heavy atom. The molecule has 3 heteroatoms. The van der Waals surface area contributed by atoms with Crippen molar-refractivity contribution in [2.75, 3.05) is 0 Å². The van der Waals surface area contributed by atoms with Gasteiger partial charge in [0.1, 0.15) is 0 Å². The third kappa shape index (κ3) is 2.06. The first-order valence-electron chi connectivity index (χ1n) is 3.39. The summed E-state index contributed by atoms with van der Waals surface area (Å²) in [6.07, 6.45) is 1.72. The van der Waals surface area contributed by atoms with Gasteiger partial charge in [-0.2, -0.15) is 0 Å². The third-order valence-corrected chi connectivity index (χ3v) is 1.70. The number of aromatic nitrogens is 1. The van der Waals surface area contributed by atoms with Gasteiger partial charge in [-0.05, 0) is 19.1 Å². The van der Waals surface area contributed by atoms with Crippen LogP contribution < -0.4 is 5.73 Å². The quantitative estimate of drug-likeness (QED) is 0.676. The van der Waals surface area contributed by atoms with E-state index in [4.69, 9.17) is 18.0 Å². The zero-order valence-electron chi connectivity index (χ0n) is 6.32. The average molecular weight is 166 g/mol. The molecule has 1 heterocycles. The van der Waals surface area contributed by atoms with Gasteiger partial charge in [0.25, 0.3) is 0 Å². The van der Waals surface area contributed by atoms with Gasteiger partial charge in [0.15, 0.2) is 0 Å². The second-order valence-electron chi connectivity index (χ2n) is 2.34. The smallest absolute Gasteiger partial charge is 0.0786 e. The molecule has 1 aromatic rings. The summed E-state index contributed by atoms with van der Waals surface area (Å²) in [4.78, 5) is 4.85. The van der Waals surface area contributed by atoms with Gasteiger partial charge in [0, 0.05) is 11.1 Å². The molecule has 2 nitrogen and oxygen atoms in total. The van der Waals surface area contributed by atoms with Gasteiger partial charge in [-0.25, -0.2) is 0 Å². The molecule has 1 rings (SSSR count). The molecule has 0 saturated heterocycles. The van der Waals surface area contributed by atoms with Crippen molar-refractivity contribution in [2.24, 2.45) is 5.73 Å². The summed E-state index contributed by atoms with van der Waals surface area (Å²) in [6.45, 7) is 1.83. The molecule has 0 aromatic carbocycles. The minimum absolute atomic E-state index is 0.203. The Morgan fingerprint density at radius 1 is 1.64 bits per heavy atom. The molecule has 11 heavy (non-hydrogen) atoms. The summed E-state index contributed by atoms with van der Waals surface area (Å²) in [5.74, 6) is 0. The first-order chi connectivity index (χ1) is 5.22. The third-order valence-electron chi connectivity index (χ3n) is 1.44. The van der Waals surface area contributed by atoms with Crippen LogP contribution in [-0.2, 0) is 0 Å². The summed E-state index contributed by atoms with van der Waals surface area (Å²) < 4.78 is 0. The molecule has 0 aliphatic rings. The molecule has 1 unspecified atom stereocenters. The highest BCUT2D eigenvalue weighted by molar-refractivity contribution is 7.80. The lowest BCUT2D eigenvalue weighted by atomic mass is 10.1. The number of pyridine rings is 1. The first kappa shape index (κ1) is 8.30. The maximum atomic E-state index is 5.73. The molecule has 0 saturated carbocycles. The number of hydrogen-bond donors (Lipinski definition) is 1. The molecule has 0 aliphatic heterocycles. The van der Waals surface area contributed by atoms with Gasteiger partial charge < -0.3 is 5.73 Å². The van der Waals surface area contributed by atoms with Crippen molar-refractivity contribution < 1.29 is 0 Å². The Labute approximate surface area is 71.4 Å². The van der Waals surface area contributed by atoms with Gasteiger partial charge in [-0.3, -0.25) is 4.98 Å². The van der Waals surface area contributed by atoms with E-state index in [9.17, 15) is 0 Å². The van der Waals surface area contributed by atoms with Crippen molar-refractivity contribution in [1.29, 1.82) is 0 Å². The molecule has 0 amide bonds. The largest absolute Gasteiger partial charge is 0.319 e. The molecular formula is C8H10N2S. The maximum Gasteiger partial charge on any atom is 0.0786 e. The van der Waals surface area contributed by atoms with Crippen molar-refractivity contribution in [3.63, 3.8) is 0 Å². The van der Waals surface area contributed by atoms with Gasteiger partial charge in [0.2, 0.25) is 0 Å². The fourth-order valence-electron chi connectivity index (χ4n) is 0.768. The molecule has 1 atom stereocenters. The van der Waals surface area contributed by atoms with Gasteiger partial charge in [-0.15, -0.1) is 0 Å². The SMILES string of the molecule is CC(=S)C(N)c1ccccn1. The lowest BCUT2D eigenvalue weighted by molar-refractivity contribution is 0.913. The number of rotatable bonds is 2. The van der Waals surface area contributed by atoms with Crippen molar-refractivity contribution in [3.05, 3.63) is 30.1 Å². The van der Waals surface area contributed by atoms with E-state index in [2.05, 4.69) is 4.98 Å². The van der Waals surface area contributed by atoms with Crippen LogP contribution in [0.2, 0.25) is 0 Å². The molecule has 2 N–H and O–H groups in total. The predicted octanol–water partition coefficient (Wildman–Crippen LogP) is 1.47. The number of nitrogens with two attached hydrogens (primary N) is 1. The van der Waals surface area contributed by atoms with E-state index in [1.807, 2.05) is 25.1 Å². The number of hydrogen-bond acceptors (Lipinski definition) is 3. The summed E-state index contributed by atoms with van der Waals surface area (Å²) in [5.41, 5.74) is 6.57. The van der Waals surface area contributed by atoms with E-state index in [1.165, 1.54) is 0 Å². The Morgan fingerprint density at radius 3 is 2.82 bits per heavy atom. The lowest BCUT2D eigenvalue weighted by Crippen LogP contribution is -2.18. The first-order valence-corrected chi connectivity index (χ1v) is 3.79. The van der Waals surface area contributed by atoms with E-state index in [0.29, 0.717) is 0 Å². The fraction of sp³-hybridized carbons (Fsp3) is 0.250.